The van der Waals surface area contributed by atoms with Crippen molar-refractivity contribution in [3.05, 3.63) is 24.2 Å². The molecule has 0 N–H and O–H groups in total. The van der Waals surface area contributed by atoms with Gasteiger partial charge in [0.05, 0.1) is 0 Å². The molecule has 1 amide bonds. The van der Waals surface area contributed by atoms with Crippen LogP contribution in [0.5, 0.6) is 0 Å². The van der Waals surface area contributed by atoms with E-state index in [0.717, 1.165) is 56.7 Å². The van der Waals surface area contributed by atoms with E-state index in [0.29, 0.717) is 17.6 Å². The van der Waals surface area contributed by atoms with E-state index in [-0.39, 0.29) is 17.9 Å². The molecular formula is C22H29N5O2. The number of amides is 1. The zero-order chi connectivity index (χ0) is 19.8. The van der Waals surface area contributed by atoms with Crippen LogP contribution in [0.25, 0.3) is 11.4 Å². The van der Waals surface area contributed by atoms with E-state index in [2.05, 4.69) is 28.0 Å². The standard InChI is InChI=1S/C22H29N5O2/c1-15-13-17(15)22(28)27-12-6-3-7-18(27)21-24-20(25-29-21)16-8-9-23-19(14-16)26-10-4-2-5-11-26/h8-9,14-15,17-18H,2-7,10-13H2,1H3/t15-,17-,18+/m1/s1. The molecule has 0 bridgehead atoms. The molecule has 2 aromatic heterocycles. The number of hydrogen-bond acceptors (Lipinski definition) is 6. The number of pyridine rings is 1. The predicted octanol–water partition coefficient (Wildman–Crippen LogP) is 3.83. The monoisotopic (exact) mass is 395 g/mol. The van der Waals surface area contributed by atoms with Gasteiger partial charge >= 0.3 is 0 Å². The first-order chi connectivity index (χ1) is 14.2. The number of aromatic nitrogens is 3. The Labute approximate surface area is 171 Å². The maximum absolute atomic E-state index is 12.9. The van der Waals surface area contributed by atoms with Crippen molar-refractivity contribution < 1.29 is 9.32 Å². The van der Waals surface area contributed by atoms with Crippen molar-refractivity contribution in [1.29, 1.82) is 0 Å². The molecule has 1 saturated carbocycles. The highest BCUT2D eigenvalue weighted by atomic mass is 16.5. The van der Waals surface area contributed by atoms with E-state index in [4.69, 9.17) is 9.51 Å². The Hall–Kier alpha value is -2.44. The summed E-state index contributed by atoms with van der Waals surface area (Å²) in [5, 5.41) is 4.25. The lowest BCUT2D eigenvalue weighted by Gasteiger charge is -2.33. The Kier molecular flexibility index (Phi) is 4.97. The third kappa shape index (κ3) is 3.74. The van der Waals surface area contributed by atoms with E-state index in [9.17, 15) is 4.79 Å². The minimum absolute atomic E-state index is 0.0892. The van der Waals surface area contributed by atoms with Gasteiger partial charge in [-0.15, -0.1) is 0 Å². The normalized spacial score (nSPS) is 27.1. The van der Waals surface area contributed by atoms with E-state index in [1.807, 2.05) is 17.2 Å². The second-order valence-corrected chi connectivity index (χ2v) is 8.77. The van der Waals surface area contributed by atoms with Crippen LogP contribution in [0.2, 0.25) is 0 Å². The topological polar surface area (TPSA) is 75.4 Å². The molecule has 0 aromatic carbocycles. The summed E-state index contributed by atoms with van der Waals surface area (Å²) < 4.78 is 5.66. The van der Waals surface area contributed by atoms with Crippen LogP contribution in [0.1, 0.15) is 63.8 Å². The highest BCUT2D eigenvalue weighted by Crippen LogP contribution is 2.42. The third-order valence-electron chi connectivity index (χ3n) is 6.62. The minimum atomic E-state index is -0.0892. The van der Waals surface area contributed by atoms with Crippen LogP contribution in [-0.2, 0) is 4.79 Å². The summed E-state index contributed by atoms with van der Waals surface area (Å²) in [6.45, 7) is 5.04. The van der Waals surface area contributed by atoms with Gasteiger partial charge in [0.25, 0.3) is 0 Å². The SMILES string of the molecule is C[C@@H]1C[C@H]1C(=O)N1CCCC[C@H]1c1nc(-c2ccnc(N3CCCCC3)c2)no1. The van der Waals surface area contributed by atoms with Crippen molar-refractivity contribution >= 4 is 11.7 Å². The van der Waals surface area contributed by atoms with E-state index < -0.39 is 0 Å². The molecule has 1 aliphatic carbocycles. The number of nitrogens with zero attached hydrogens (tertiary/aromatic N) is 5. The Morgan fingerprint density at radius 2 is 1.93 bits per heavy atom. The Balaban J connectivity index is 1.36. The molecule has 2 saturated heterocycles. The van der Waals surface area contributed by atoms with E-state index in [1.54, 1.807) is 0 Å². The summed E-state index contributed by atoms with van der Waals surface area (Å²) in [7, 11) is 0. The average Bonchev–Trinajstić information content (AvgIpc) is 3.31. The summed E-state index contributed by atoms with van der Waals surface area (Å²) in [5.41, 5.74) is 0.917. The lowest BCUT2D eigenvalue weighted by molar-refractivity contribution is -0.137. The van der Waals surface area contributed by atoms with Crippen molar-refractivity contribution in [1.82, 2.24) is 20.0 Å². The number of likely N-dealkylation sites (tertiary alicyclic amines) is 1. The zero-order valence-corrected chi connectivity index (χ0v) is 17.1. The predicted molar refractivity (Wildman–Crippen MR) is 109 cm³/mol. The van der Waals surface area contributed by atoms with Gasteiger partial charge in [-0.25, -0.2) is 4.98 Å². The minimum Gasteiger partial charge on any atom is -0.357 e. The molecule has 0 radical (unpaired) electrons. The van der Waals surface area contributed by atoms with Gasteiger partial charge in [0.2, 0.25) is 17.6 Å². The molecule has 0 unspecified atom stereocenters. The number of anilines is 1. The number of rotatable bonds is 4. The number of carbonyl (C=O) groups is 1. The molecule has 2 aromatic rings. The van der Waals surface area contributed by atoms with Crippen molar-refractivity contribution in [3.63, 3.8) is 0 Å². The summed E-state index contributed by atoms with van der Waals surface area (Å²) in [6, 6.07) is 3.89. The largest absolute Gasteiger partial charge is 0.357 e. The third-order valence-corrected chi connectivity index (χ3v) is 6.62. The first-order valence-corrected chi connectivity index (χ1v) is 11.1. The van der Waals surface area contributed by atoms with Crippen LogP contribution in [0.15, 0.2) is 22.9 Å². The summed E-state index contributed by atoms with van der Waals surface area (Å²) in [6.07, 6.45) is 9.57. The molecule has 3 atom stereocenters. The second-order valence-electron chi connectivity index (χ2n) is 8.77. The van der Waals surface area contributed by atoms with Crippen LogP contribution < -0.4 is 4.90 Å². The quantitative estimate of drug-likeness (QED) is 0.783. The smallest absolute Gasteiger partial charge is 0.249 e. The summed E-state index contributed by atoms with van der Waals surface area (Å²) >= 11 is 0. The van der Waals surface area contributed by atoms with Gasteiger partial charge in [-0.1, -0.05) is 12.1 Å². The fourth-order valence-corrected chi connectivity index (χ4v) is 4.67. The number of carbonyl (C=O) groups excluding carboxylic acids is 1. The zero-order valence-electron chi connectivity index (χ0n) is 17.1. The molecule has 5 rings (SSSR count). The van der Waals surface area contributed by atoms with Crippen LogP contribution in [0, 0.1) is 11.8 Å². The summed E-state index contributed by atoms with van der Waals surface area (Å²) in [4.78, 5) is 26.4. The molecule has 0 spiro atoms. The van der Waals surface area contributed by atoms with Gasteiger partial charge in [0.1, 0.15) is 11.9 Å². The Morgan fingerprint density at radius 1 is 1.14 bits per heavy atom. The Bertz CT molecular complexity index is 876. The fraction of sp³-hybridized carbons (Fsp3) is 0.636. The number of piperidine rings is 2. The molecule has 7 heteroatoms. The van der Waals surface area contributed by atoms with Crippen LogP contribution in [-0.4, -0.2) is 45.6 Å². The van der Waals surface area contributed by atoms with Gasteiger partial charge in [-0.3, -0.25) is 4.79 Å². The lowest BCUT2D eigenvalue weighted by atomic mass is 10.0. The first kappa shape index (κ1) is 18.6. The van der Waals surface area contributed by atoms with Gasteiger partial charge in [-0.05, 0) is 63.0 Å². The average molecular weight is 396 g/mol. The molecular weight excluding hydrogens is 366 g/mol. The second kappa shape index (κ2) is 7.76. The molecule has 2 aliphatic heterocycles. The maximum atomic E-state index is 12.9. The van der Waals surface area contributed by atoms with Crippen molar-refractivity contribution in [2.75, 3.05) is 24.5 Å². The van der Waals surface area contributed by atoms with Crippen LogP contribution >= 0.6 is 0 Å². The Morgan fingerprint density at radius 3 is 2.72 bits per heavy atom. The van der Waals surface area contributed by atoms with Gasteiger partial charge in [0, 0.05) is 37.3 Å². The van der Waals surface area contributed by atoms with Gasteiger partial charge in [0.15, 0.2) is 0 Å². The van der Waals surface area contributed by atoms with E-state index in [1.165, 1.54) is 19.3 Å². The molecule has 4 heterocycles. The lowest BCUT2D eigenvalue weighted by Crippen LogP contribution is -2.39. The van der Waals surface area contributed by atoms with Gasteiger partial charge < -0.3 is 14.3 Å². The number of hydrogen-bond donors (Lipinski definition) is 0. The fourth-order valence-electron chi connectivity index (χ4n) is 4.67. The van der Waals surface area contributed by atoms with Gasteiger partial charge in [-0.2, -0.15) is 4.98 Å². The van der Waals surface area contributed by atoms with Crippen LogP contribution in [0.4, 0.5) is 5.82 Å². The first-order valence-electron chi connectivity index (χ1n) is 11.1. The highest BCUT2D eigenvalue weighted by molar-refractivity contribution is 5.82. The molecule has 3 fully saturated rings. The van der Waals surface area contributed by atoms with Crippen molar-refractivity contribution in [2.24, 2.45) is 11.8 Å². The van der Waals surface area contributed by atoms with Crippen LogP contribution in [0.3, 0.4) is 0 Å². The van der Waals surface area contributed by atoms with E-state index >= 15 is 0 Å². The van der Waals surface area contributed by atoms with Crippen molar-refractivity contribution in [3.8, 4) is 11.4 Å². The molecule has 3 aliphatic rings. The molecule has 29 heavy (non-hydrogen) atoms. The highest BCUT2D eigenvalue weighted by Gasteiger charge is 2.44. The molecule has 154 valence electrons. The summed E-state index contributed by atoms with van der Waals surface area (Å²) in [5.74, 6) is 3.08. The maximum Gasteiger partial charge on any atom is 0.249 e. The van der Waals surface area contributed by atoms with Crippen molar-refractivity contribution in [2.45, 2.75) is 57.9 Å². The molecule has 7 nitrogen and oxygen atoms in total.